The van der Waals surface area contributed by atoms with Crippen LogP contribution in [0.1, 0.15) is 31.0 Å². The van der Waals surface area contributed by atoms with Crippen LogP contribution in [-0.2, 0) is 0 Å². The van der Waals surface area contributed by atoms with E-state index in [2.05, 4.69) is 64.1 Å². The Balaban J connectivity index is 1.38. The van der Waals surface area contributed by atoms with E-state index < -0.39 is 0 Å². The molecule has 6 rings (SSSR count). The van der Waals surface area contributed by atoms with Crippen molar-refractivity contribution in [2.75, 3.05) is 18.4 Å². The Morgan fingerprint density at radius 2 is 1.81 bits per heavy atom. The van der Waals surface area contributed by atoms with Gasteiger partial charge in [0, 0.05) is 46.6 Å². The molecule has 140 valence electrons. The van der Waals surface area contributed by atoms with Gasteiger partial charge in [-0.3, -0.25) is 4.90 Å². The Morgan fingerprint density at radius 1 is 1.07 bits per heavy atom. The quantitative estimate of drug-likeness (QED) is 0.736. The van der Waals surface area contributed by atoms with E-state index >= 15 is 0 Å². The summed E-state index contributed by atoms with van der Waals surface area (Å²) in [6.07, 6.45) is 6.46. The van der Waals surface area contributed by atoms with E-state index in [-0.39, 0.29) is 0 Å². The average Bonchev–Trinajstić information content (AvgIpc) is 2.99. The van der Waals surface area contributed by atoms with Gasteiger partial charge in [0.2, 0.25) is 5.95 Å². The van der Waals surface area contributed by atoms with Crippen LogP contribution in [0.2, 0.25) is 0 Å². The highest BCUT2D eigenvalue weighted by Crippen LogP contribution is 2.34. The second kappa shape index (κ2) is 6.34. The van der Waals surface area contributed by atoms with Gasteiger partial charge in [-0.25, -0.2) is 9.97 Å². The van der Waals surface area contributed by atoms with Crippen LogP contribution >= 0.6 is 0 Å². The number of anilines is 1. The first-order valence-corrected chi connectivity index (χ1v) is 10.0. The maximum absolute atomic E-state index is 4.63. The first-order valence-electron chi connectivity index (χ1n) is 10.0. The summed E-state index contributed by atoms with van der Waals surface area (Å²) in [6.45, 7) is 9.09. The molecule has 0 spiro atoms. The zero-order valence-electron chi connectivity index (χ0n) is 16.3. The number of benzene rings is 1. The van der Waals surface area contributed by atoms with E-state index in [4.69, 9.17) is 0 Å². The summed E-state index contributed by atoms with van der Waals surface area (Å²) in [4.78, 5) is 15.3. The van der Waals surface area contributed by atoms with Crippen molar-refractivity contribution in [3.05, 3.63) is 41.9 Å². The number of aromatic amines is 1. The molecule has 5 heteroatoms. The van der Waals surface area contributed by atoms with Crippen molar-refractivity contribution in [1.82, 2.24) is 19.9 Å². The molecule has 5 heterocycles. The summed E-state index contributed by atoms with van der Waals surface area (Å²) < 4.78 is 0. The molecule has 0 amide bonds. The highest BCUT2D eigenvalue weighted by Gasteiger charge is 2.39. The highest BCUT2D eigenvalue weighted by atomic mass is 15.2. The van der Waals surface area contributed by atoms with Gasteiger partial charge in [-0.15, -0.1) is 0 Å². The lowest BCUT2D eigenvalue weighted by atomic mass is 9.79. The van der Waals surface area contributed by atoms with Crippen LogP contribution in [0.15, 0.2) is 30.6 Å². The lowest BCUT2D eigenvalue weighted by Gasteiger charge is -2.49. The second-order valence-corrected chi connectivity index (χ2v) is 8.21. The fraction of sp³-hybridized carbons (Fsp3) is 0.455. The summed E-state index contributed by atoms with van der Waals surface area (Å²) in [5.74, 6) is 1.49. The van der Waals surface area contributed by atoms with Crippen molar-refractivity contribution < 1.29 is 0 Å². The van der Waals surface area contributed by atoms with Crippen LogP contribution in [-0.4, -0.2) is 45.0 Å². The van der Waals surface area contributed by atoms with Crippen molar-refractivity contribution in [2.45, 2.75) is 45.7 Å². The van der Waals surface area contributed by atoms with Gasteiger partial charge in [-0.2, -0.15) is 0 Å². The van der Waals surface area contributed by atoms with Crippen molar-refractivity contribution in [2.24, 2.45) is 5.92 Å². The largest absolute Gasteiger partial charge is 0.358 e. The minimum atomic E-state index is 0.459. The molecular weight excluding hydrogens is 334 g/mol. The van der Waals surface area contributed by atoms with Gasteiger partial charge in [-0.05, 0) is 75.9 Å². The smallest absolute Gasteiger partial charge is 0.222 e. The van der Waals surface area contributed by atoms with Gasteiger partial charge in [-0.1, -0.05) is 6.07 Å². The fourth-order valence-electron chi connectivity index (χ4n) is 4.89. The third-order valence-corrected chi connectivity index (χ3v) is 6.77. The number of rotatable bonds is 3. The molecule has 3 aromatic rings. The van der Waals surface area contributed by atoms with Crippen LogP contribution in [0.3, 0.4) is 0 Å². The molecule has 0 radical (unpaired) electrons. The third kappa shape index (κ3) is 2.81. The molecule has 5 nitrogen and oxygen atoms in total. The zero-order chi connectivity index (χ0) is 18.5. The molecular formula is C22H27N5. The molecule has 0 aliphatic carbocycles. The molecule has 3 saturated heterocycles. The first-order chi connectivity index (χ1) is 13.1. The standard InChI is InChI=1S/C22H27N5/c1-13-14(2)25-20-5-4-17(10-19(13)20)18-11-23-22(24-12-18)26-21-15(3)27-8-6-16(21)7-9-27/h4-5,10-12,15-16,21,25H,6-9H2,1-3H3,(H,23,24,26). The number of nitrogens with one attached hydrogen (secondary N) is 2. The third-order valence-electron chi connectivity index (χ3n) is 6.77. The summed E-state index contributed by atoms with van der Waals surface area (Å²) >= 11 is 0. The molecule has 2 unspecified atom stereocenters. The molecule has 3 aliphatic heterocycles. The van der Waals surface area contributed by atoms with Crippen LogP contribution in [0.4, 0.5) is 5.95 Å². The molecule has 3 aliphatic rings. The Hall–Kier alpha value is -2.40. The fourth-order valence-corrected chi connectivity index (χ4v) is 4.89. The lowest BCUT2D eigenvalue weighted by molar-refractivity contribution is 0.0455. The molecule has 27 heavy (non-hydrogen) atoms. The van der Waals surface area contributed by atoms with E-state index in [0.29, 0.717) is 12.1 Å². The van der Waals surface area contributed by atoms with Gasteiger partial charge in [0.15, 0.2) is 0 Å². The predicted octanol–water partition coefficient (Wildman–Crippen LogP) is 4.14. The summed E-state index contributed by atoms with van der Waals surface area (Å²) in [7, 11) is 0. The molecule has 2 atom stereocenters. The lowest BCUT2D eigenvalue weighted by Crippen LogP contribution is -2.59. The van der Waals surface area contributed by atoms with Gasteiger partial charge in [0.05, 0.1) is 0 Å². The van der Waals surface area contributed by atoms with Crippen molar-refractivity contribution >= 4 is 16.9 Å². The molecule has 0 saturated carbocycles. The summed E-state index contributed by atoms with van der Waals surface area (Å²) in [6, 6.07) is 7.53. The Labute approximate surface area is 160 Å². The van der Waals surface area contributed by atoms with Crippen molar-refractivity contribution in [3.8, 4) is 11.1 Å². The predicted molar refractivity (Wildman–Crippen MR) is 110 cm³/mol. The van der Waals surface area contributed by atoms with Crippen LogP contribution < -0.4 is 5.32 Å². The number of nitrogens with zero attached hydrogens (tertiary/aromatic N) is 3. The van der Waals surface area contributed by atoms with Crippen molar-refractivity contribution in [1.29, 1.82) is 0 Å². The maximum Gasteiger partial charge on any atom is 0.222 e. The average molecular weight is 361 g/mol. The molecule has 2 aromatic heterocycles. The van der Waals surface area contributed by atoms with E-state index in [1.165, 1.54) is 48.1 Å². The number of hydrogen-bond donors (Lipinski definition) is 2. The Morgan fingerprint density at radius 3 is 2.52 bits per heavy atom. The number of piperidine rings is 3. The number of fused-ring (bicyclic) bond motifs is 4. The van der Waals surface area contributed by atoms with Gasteiger partial charge in [0.1, 0.15) is 0 Å². The molecule has 2 N–H and O–H groups in total. The van der Waals surface area contributed by atoms with E-state index in [1.54, 1.807) is 0 Å². The van der Waals surface area contributed by atoms with E-state index in [1.807, 2.05) is 12.4 Å². The number of aryl methyl sites for hydroxylation is 2. The summed E-state index contributed by atoms with van der Waals surface area (Å²) in [5.41, 5.74) is 5.94. The monoisotopic (exact) mass is 361 g/mol. The number of hydrogen-bond acceptors (Lipinski definition) is 4. The molecule has 2 bridgehead atoms. The maximum atomic E-state index is 4.63. The number of aromatic nitrogens is 3. The van der Waals surface area contributed by atoms with E-state index in [0.717, 1.165) is 23.0 Å². The molecule has 1 aromatic carbocycles. The summed E-state index contributed by atoms with van der Waals surface area (Å²) in [5, 5.41) is 4.89. The molecule has 3 fully saturated rings. The van der Waals surface area contributed by atoms with Gasteiger partial charge >= 0.3 is 0 Å². The van der Waals surface area contributed by atoms with Crippen LogP contribution in [0.5, 0.6) is 0 Å². The van der Waals surface area contributed by atoms with Crippen LogP contribution in [0.25, 0.3) is 22.0 Å². The van der Waals surface area contributed by atoms with Crippen LogP contribution in [0, 0.1) is 19.8 Å². The van der Waals surface area contributed by atoms with Crippen molar-refractivity contribution in [3.63, 3.8) is 0 Å². The minimum Gasteiger partial charge on any atom is -0.358 e. The topological polar surface area (TPSA) is 56.8 Å². The second-order valence-electron chi connectivity index (χ2n) is 8.21. The Bertz CT molecular complexity index is 964. The SMILES string of the molecule is Cc1[nH]c2ccc(-c3cnc(NC4C5CCN(CC5)C4C)nc3)cc2c1C. The highest BCUT2D eigenvalue weighted by molar-refractivity contribution is 5.88. The first kappa shape index (κ1) is 16.8. The number of H-pyrrole nitrogens is 1. The van der Waals surface area contributed by atoms with Gasteiger partial charge in [0.25, 0.3) is 0 Å². The minimum absolute atomic E-state index is 0.459. The van der Waals surface area contributed by atoms with Gasteiger partial charge < -0.3 is 10.3 Å². The Kier molecular flexibility index (Phi) is 3.93. The zero-order valence-corrected chi connectivity index (χ0v) is 16.3. The van der Waals surface area contributed by atoms with E-state index in [9.17, 15) is 0 Å². The normalized spacial score (nSPS) is 27.2.